The fourth-order valence-corrected chi connectivity index (χ4v) is 3.57. The van der Waals surface area contributed by atoms with Crippen molar-refractivity contribution in [3.05, 3.63) is 30.0 Å². The molecule has 7 nitrogen and oxygen atoms in total. The number of piperidine rings is 1. The zero-order valence-electron chi connectivity index (χ0n) is 15.6. The van der Waals surface area contributed by atoms with Gasteiger partial charge in [-0.25, -0.2) is 9.59 Å². The summed E-state index contributed by atoms with van der Waals surface area (Å²) in [5.41, 5.74) is 6.95. The van der Waals surface area contributed by atoms with Crippen molar-refractivity contribution < 1.29 is 27.5 Å². The Hall–Kier alpha value is -2.46. The Morgan fingerprint density at radius 2 is 2.10 bits per heavy atom. The molecule has 1 aliphatic rings. The van der Waals surface area contributed by atoms with Gasteiger partial charge < -0.3 is 25.7 Å². The first-order chi connectivity index (χ1) is 13.2. The average molecular weight is 435 g/mol. The lowest BCUT2D eigenvalue weighted by atomic mass is 9.85. The molecule has 1 aromatic carbocycles. The Labute approximate surface area is 171 Å². The van der Waals surface area contributed by atoms with E-state index in [1.807, 2.05) is 0 Å². The fraction of sp³-hybridized carbons (Fsp3) is 0.444. The van der Waals surface area contributed by atoms with Gasteiger partial charge in [0.25, 0.3) is 0 Å². The number of fused-ring (bicyclic) bond motifs is 1. The summed E-state index contributed by atoms with van der Waals surface area (Å²) in [5, 5.41) is 3.32. The van der Waals surface area contributed by atoms with E-state index in [2.05, 4.69) is 10.3 Å². The number of carbonyl (C=O) groups excluding carboxylic acids is 2. The summed E-state index contributed by atoms with van der Waals surface area (Å²) in [5.74, 6) is -2.80. The van der Waals surface area contributed by atoms with Gasteiger partial charge in [0.15, 0.2) is 0 Å². The second kappa shape index (κ2) is 8.91. The molecule has 0 bridgehead atoms. The maximum absolute atomic E-state index is 13.1. The lowest BCUT2D eigenvalue weighted by molar-refractivity contribution is -0.197. The quantitative estimate of drug-likeness (QED) is 0.645. The third kappa shape index (κ3) is 4.76. The fourth-order valence-electron chi connectivity index (χ4n) is 3.57. The lowest BCUT2D eigenvalue weighted by Crippen LogP contribution is -2.51. The Morgan fingerprint density at radius 1 is 1.38 bits per heavy atom. The van der Waals surface area contributed by atoms with E-state index in [1.165, 1.54) is 18.2 Å². The molecule has 1 aliphatic heterocycles. The first-order valence-corrected chi connectivity index (χ1v) is 8.76. The molecule has 1 aromatic heterocycles. The highest BCUT2D eigenvalue weighted by molar-refractivity contribution is 6.05. The molecule has 2 aromatic rings. The van der Waals surface area contributed by atoms with Crippen LogP contribution in [0.15, 0.2) is 24.4 Å². The molecular weight excluding hydrogens is 413 g/mol. The van der Waals surface area contributed by atoms with Crippen molar-refractivity contribution in [3.63, 3.8) is 0 Å². The number of amides is 2. The highest BCUT2D eigenvalue weighted by atomic mass is 35.5. The number of nitrogens with two attached hydrogens (primary N) is 1. The molecule has 3 rings (SSSR count). The van der Waals surface area contributed by atoms with Gasteiger partial charge in [-0.2, -0.15) is 13.2 Å². The minimum absolute atomic E-state index is 0. The molecule has 2 atom stereocenters. The summed E-state index contributed by atoms with van der Waals surface area (Å²) in [6, 6.07) is 4.43. The molecule has 2 heterocycles. The maximum Gasteiger partial charge on any atom is 0.392 e. The minimum atomic E-state index is -4.32. The molecule has 1 saturated heterocycles. The number of aromatic nitrogens is 1. The molecule has 0 radical (unpaired) electrons. The van der Waals surface area contributed by atoms with Crippen molar-refractivity contribution in [2.75, 3.05) is 32.1 Å². The van der Waals surface area contributed by atoms with Crippen molar-refractivity contribution in [2.45, 2.75) is 12.6 Å². The molecule has 0 spiro atoms. The minimum Gasteiger partial charge on any atom is -0.465 e. The number of esters is 1. The predicted molar refractivity (Wildman–Crippen MR) is 104 cm³/mol. The third-order valence-corrected chi connectivity index (χ3v) is 5.08. The number of anilines is 1. The number of benzene rings is 1. The van der Waals surface area contributed by atoms with E-state index in [4.69, 9.17) is 10.5 Å². The normalized spacial score (nSPS) is 19.6. The molecular formula is C18H22ClF3N4O3. The van der Waals surface area contributed by atoms with Gasteiger partial charge in [0, 0.05) is 41.8 Å². The first kappa shape index (κ1) is 22.8. The SMILES string of the molecule is COC(=O)c1c[nH]c2cc(NC(=O)N3CCC(C(F)(F)F)C(CN)C3)ccc12.Cl. The number of halogens is 4. The predicted octanol–water partition coefficient (Wildman–Crippen LogP) is 3.37. The van der Waals surface area contributed by atoms with E-state index >= 15 is 0 Å². The largest absolute Gasteiger partial charge is 0.465 e. The molecule has 1 fully saturated rings. The summed E-state index contributed by atoms with van der Waals surface area (Å²) in [7, 11) is 1.28. The number of carbonyl (C=O) groups is 2. The van der Waals surface area contributed by atoms with Gasteiger partial charge >= 0.3 is 18.2 Å². The standard InChI is InChI=1S/C18H21F3N4O3.ClH/c1-28-16(26)13-8-23-15-6-11(2-3-12(13)15)24-17(27)25-5-4-14(18(19,20)21)10(7-22)9-25;/h2-3,6,8,10,14,23H,4-5,7,9,22H2,1H3,(H,24,27);1H. The number of nitrogens with zero attached hydrogens (tertiary/aromatic N) is 1. The third-order valence-electron chi connectivity index (χ3n) is 5.08. The second-order valence-electron chi connectivity index (χ2n) is 6.76. The monoisotopic (exact) mass is 434 g/mol. The van der Waals surface area contributed by atoms with Crippen molar-refractivity contribution in [1.82, 2.24) is 9.88 Å². The van der Waals surface area contributed by atoms with E-state index in [1.54, 1.807) is 18.2 Å². The first-order valence-electron chi connectivity index (χ1n) is 8.76. The van der Waals surface area contributed by atoms with Crippen LogP contribution in [0.4, 0.5) is 23.7 Å². The summed E-state index contributed by atoms with van der Waals surface area (Å²) in [6.07, 6.45) is -2.98. The van der Waals surface area contributed by atoms with Crippen molar-refractivity contribution >= 4 is 41.0 Å². The number of aromatic amines is 1. The number of hydrogen-bond donors (Lipinski definition) is 3. The summed E-state index contributed by atoms with van der Waals surface area (Å²) < 4.78 is 43.9. The number of nitrogens with one attached hydrogen (secondary N) is 2. The smallest absolute Gasteiger partial charge is 0.392 e. The van der Waals surface area contributed by atoms with Crippen LogP contribution in [0.1, 0.15) is 16.8 Å². The number of ether oxygens (including phenoxy) is 1. The number of H-pyrrole nitrogens is 1. The van der Waals surface area contributed by atoms with Crippen LogP contribution in [0.2, 0.25) is 0 Å². The van der Waals surface area contributed by atoms with Gasteiger partial charge in [0.1, 0.15) is 0 Å². The van der Waals surface area contributed by atoms with E-state index in [0.29, 0.717) is 22.2 Å². The number of urea groups is 1. The molecule has 0 saturated carbocycles. The zero-order chi connectivity index (χ0) is 20.5. The molecule has 11 heteroatoms. The number of likely N-dealkylation sites (tertiary alicyclic amines) is 1. The number of alkyl halides is 3. The number of methoxy groups -OCH3 is 1. The molecule has 29 heavy (non-hydrogen) atoms. The Kier molecular flexibility index (Phi) is 7.02. The lowest BCUT2D eigenvalue weighted by Gasteiger charge is -2.38. The highest BCUT2D eigenvalue weighted by Crippen LogP contribution is 2.37. The van der Waals surface area contributed by atoms with Gasteiger partial charge in [-0.3, -0.25) is 0 Å². The number of rotatable bonds is 3. The Balaban J connectivity index is 0.00000300. The Bertz CT molecular complexity index is 887. The second-order valence-corrected chi connectivity index (χ2v) is 6.76. The topological polar surface area (TPSA) is 100 Å². The van der Waals surface area contributed by atoms with Gasteiger partial charge in [0.05, 0.1) is 18.6 Å². The van der Waals surface area contributed by atoms with Crippen LogP contribution in [0.3, 0.4) is 0 Å². The zero-order valence-corrected chi connectivity index (χ0v) is 16.4. The van der Waals surface area contributed by atoms with Crippen LogP contribution >= 0.6 is 12.4 Å². The van der Waals surface area contributed by atoms with Crippen LogP contribution in [-0.2, 0) is 4.74 Å². The Morgan fingerprint density at radius 3 is 2.72 bits per heavy atom. The van der Waals surface area contributed by atoms with Gasteiger partial charge in [-0.1, -0.05) is 0 Å². The molecule has 2 unspecified atom stereocenters. The number of hydrogen-bond acceptors (Lipinski definition) is 4. The van der Waals surface area contributed by atoms with E-state index in [0.717, 1.165) is 0 Å². The molecule has 0 aliphatic carbocycles. The van der Waals surface area contributed by atoms with E-state index < -0.39 is 30.0 Å². The van der Waals surface area contributed by atoms with Crippen molar-refractivity contribution in [2.24, 2.45) is 17.6 Å². The molecule has 2 amide bonds. The van der Waals surface area contributed by atoms with Gasteiger partial charge in [0.2, 0.25) is 0 Å². The summed E-state index contributed by atoms with van der Waals surface area (Å²) in [6.45, 7) is -0.188. The summed E-state index contributed by atoms with van der Waals surface area (Å²) in [4.78, 5) is 28.5. The van der Waals surface area contributed by atoms with Crippen LogP contribution in [0, 0.1) is 11.8 Å². The molecule has 160 valence electrons. The highest BCUT2D eigenvalue weighted by Gasteiger charge is 2.47. The van der Waals surface area contributed by atoms with Gasteiger partial charge in [-0.05, 0) is 31.2 Å². The van der Waals surface area contributed by atoms with Crippen LogP contribution in [-0.4, -0.2) is 54.8 Å². The van der Waals surface area contributed by atoms with Crippen LogP contribution < -0.4 is 11.1 Å². The van der Waals surface area contributed by atoms with E-state index in [9.17, 15) is 22.8 Å². The molecule has 4 N–H and O–H groups in total. The summed E-state index contributed by atoms with van der Waals surface area (Å²) >= 11 is 0. The average Bonchev–Trinajstić information content (AvgIpc) is 3.09. The maximum atomic E-state index is 13.1. The van der Waals surface area contributed by atoms with E-state index in [-0.39, 0.29) is 38.5 Å². The van der Waals surface area contributed by atoms with Crippen LogP contribution in [0.25, 0.3) is 10.9 Å². The van der Waals surface area contributed by atoms with Crippen molar-refractivity contribution in [1.29, 1.82) is 0 Å². The van der Waals surface area contributed by atoms with Crippen molar-refractivity contribution in [3.8, 4) is 0 Å². The van der Waals surface area contributed by atoms with Gasteiger partial charge in [-0.15, -0.1) is 12.4 Å². The van der Waals surface area contributed by atoms with Crippen LogP contribution in [0.5, 0.6) is 0 Å².